The maximum absolute atomic E-state index is 12.5. The van der Waals surface area contributed by atoms with Crippen molar-refractivity contribution in [3.05, 3.63) is 0 Å². The van der Waals surface area contributed by atoms with E-state index in [0.717, 1.165) is 25.8 Å². The highest BCUT2D eigenvalue weighted by Gasteiger charge is 2.31. The van der Waals surface area contributed by atoms with Gasteiger partial charge in [0.25, 0.3) is 0 Å². The average molecular weight is 305 g/mol. The Morgan fingerprint density at radius 1 is 1.35 bits per heavy atom. The van der Waals surface area contributed by atoms with Crippen LogP contribution in [0.1, 0.15) is 53.9 Å². The first kappa shape index (κ1) is 17.9. The van der Waals surface area contributed by atoms with Gasteiger partial charge < -0.3 is 5.32 Å². The van der Waals surface area contributed by atoms with Crippen LogP contribution in [0.4, 0.5) is 0 Å². The molecule has 4 nitrogen and oxygen atoms in total. The van der Waals surface area contributed by atoms with Crippen molar-refractivity contribution >= 4 is 10.0 Å². The predicted molar refractivity (Wildman–Crippen MR) is 85.3 cm³/mol. The van der Waals surface area contributed by atoms with Crippen molar-refractivity contribution in [2.24, 2.45) is 11.3 Å². The molecule has 0 spiro atoms. The zero-order valence-corrected chi connectivity index (χ0v) is 14.6. The van der Waals surface area contributed by atoms with Crippen LogP contribution in [0.15, 0.2) is 0 Å². The highest BCUT2D eigenvalue weighted by molar-refractivity contribution is 7.89. The van der Waals surface area contributed by atoms with Crippen LogP contribution in [-0.2, 0) is 10.0 Å². The monoisotopic (exact) mass is 304 g/mol. The van der Waals surface area contributed by atoms with E-state index in [4.69, 9.17) is 0 Å². The van der Waals surface area contributed by atoms with E-state index in [0.29, 0.717) is 25.0 Å². The van der Waals surface area contributed by atoms with E-state index in [9.17, 15) is 8.42 Å². The molecule has 1 aliphatic heterocycles. The number of rotatable bonds is 6. The summed E-state index contributed by atoms with van der Waals surface area (Å²) in [6.07, 6.45) is 2.83. The van der Waals surface area contributed by atoms with Gasteiger partial charge >= 0.3 is 0 Å². The molecular formula is C15H32N2O2S. The molecule has 0 aromatic heterocycles. The first-order valence-corrected chi connectivity index (χ1v) is 9.48. The fourth-order valence-electron chi connectivity index (χ4n) is 2.69. The van der Waals surface area contributed by atoms with E-state index in [-0.39, 0.29) is 11.2 Å². The first-order chi connectivity index (χ1) is 9.15. The van der Waals surface area contributed by atoms with Crippen molar-refractivity contribution in [3.63, 3.8) is 0 Å². The molecule has 1 N–H and O–H groups in total. The molecule has 0 aliphatic carbocycles. The van der Waals surface area contributed by atoms with Crippen molar-refractivity contribution in [3.8, 4) is 0 Å². The van der Waals surface area contributed by atoms with E-state index in [1.807, 2.05) is 0 Å². The van der Waals surface area contributed by atoms with Gasteiger partial charge in [-0.1, -0.05) is 27.7 Å². The number of nitrogens with one attached hydrogen (secondary N) is 1. The van der Waals surface area contributed by atoms with Crippen LogP contribution >= 0.6 is 0 Å². The molecule has 20 heavy (non-hydrogen) atoms. The second-order valence-corrected chi connectivity index (χ2v) is 9.32. The molecule has 0 aromatic carbocycles. The Morgan fingerprint density at radius 3 is 2.55 bits per heavy atom. The van der Waals surface area contributed by atoms with Gasteiger partial charge in [-0.05, 0) is 44.1 Å². The highest BCUT2D eigenvalue weighted by Crippen LogP contribution is 2.25. The minimum atomic E-state index is -3.09. The number of sulfonamides is 1. The van der Waals surface area contributed by atoms with Gasteiger partial charge in [0.2, 0.25) is 10.0 Å². The van der Waals surface area contributed by atoms with Crippen LogP contribution < -0.4 is 5.32 Å². The molecule has 0 aromatic rings. The van der Waals surface area contributed by atoms with E-state index in [2.05, 4.69) is 39.9 Å². The van der Waals surface area contributed by atoms with Gasteiger partial charge in [-0.2, -0.15) is 0 Å². The molecule has 120 valence electrons. The Bertz CT molecular complexity index is 387. The van der Waals surface area contributed by atoms with Crippen LogP contribution in [0.25, 0.3) is 0 Å². The van der Waals surface area contributed by atoms with Gasteiger partial charge in [0.15, 0.2) is 0 Å². The third-order valence-corrected chi connectivity index (χ3v) is 6.00. The molecule has 1 rings (SSSR count). The summed E-state index contributed by atoms with van der Waals surface area (Å²) in [5.41, 5.74) is 0.0688. The molecule has 1 aliphatic rings. The summed E-state index contributed by atoms with van der Waals surface area (Å²) in [7, 11) is -3.09. The molecule has 1 heterocycles. The minimum absolute atomic E-state index is 0.0688. The molecule has 0 radical (unpaired) electrons. The molecule has 0 amide bonds. The SMILES string of the molecule is CCNC(C)C1CCCN(S(=O)(=O)CCC(C)(C)C)C1. The first-order valence-electron chi connectivity index (χ1n) is 7.87. The Hall–Kier alpha value is -0.130. The molecule has 5 heteroatoms. The lowest BCUT2D eigenvalue weighted by Gasteiger charge is -2.35. The predicted octanol–water partition coefficient (Wildman–Crippen LogP) is 2.46. The lowest BCUT2D eigenvalue weighted by atomic mass is 9.93. The lowest BCUT2D eigenvalue weighted by molar-refractivity contribution is 0.224. The zero-order chi connectivity index (χ0) is 15.4. The smallest absolute Gasteiger partial charge is 0.214 e. The van der Waals surface area contributed by atoms with E-state index in [1.54, 1.807) is 4.31 Å². The minimum Gasteiger partial charge on any atom is -0.314 e. The van der Waals surface area contributed by atoms with Gasteiger partial charge in [0.1, 0.15) is 0 Å². The third-order valence-electron chi connectivity index (χ3n) is 4.16. The molecule has 1 fully saturated rings. The summed E-state index contributed by atoms with van der Waals surface area (Å²) < 4.78 is 26.7. The Kier molecular flexibility index (Phi) is 6.48. The number of piperidine rings is 1. The highest BCUT2D eigenvalue weighted by atomic mass is 32.2. The van der Waals surface area contributed by atoms with E-state index < -0.39 is 10.0 Å². The van der Waals surface area contributed by atoms with Crippen molar-refractivity contribution in [2.45, 2.75) is 59.9 Å². The summed E-state index contributed by atoms with van der Waals surface area (Å²) in [6, 6.07) is 0.389. The Labute approximate surface area is 125 Å². The van der Waals surface area contributed by atoms with Crippen molar-refractivity contribution in [2.75, 3.05) is 25.4 Å². The summed E-state index contributed by atoms with van der Waals surface area (Å²) in [5, 5.41) is 3.42. The summed E-state index contributed by atoms with van der Waals surface area (Å²) in [4.78, 5) is 0. The number of hydrogen-bond donors (Lipinski definition) is 1. The summed E-state index contributed by atoms with van der Waals surface area (Å²) >= 11 is 0. The van der Waals surface area contributed by atoms with E-state index >= 15 is 0 Å². The number of hydrogen-bond acceptors (Lipinski definition) is 3. The maximum atomic E-state index is 12.5. The molecule has 2 atom stereocenters. The largest absolute Gasteiger partial charge is 0.314 e. The van der Waals surface area contributed by atoms with Crippen LogP contribution in [0.5, 0.6) is 0 Å². The van der Waals surface area contributed by atoms with E-state index in [1.165, 1.54) is 0 Å². The fourth-order valence-corrected chi connectivity index (χ4v) is 4.64. The molecule has 1 saturated heterocycles. The van der Waals surface area contributed by atoms with Crippen molar-refractivity contribution < 1.29 is 8.42 Å². The second kappa shape index (κ2) is 7.23. The normalized spacial score (nSPS) is 23.8. The quantitative estimate of drug-likeness (QED) is 0.820. The summed E-state index contributed by atoms with van der Waals surface area (Å²) in [6.45, 7) is 12.9. The molecule has 2 unspecified atom stereocenters. The van der Waals surface area contributed by atoms with Crippen LogP contribution in [0.2, 0.25) is 0 Å². The van der Waals surface area contributed by atoms with Crippen LogP contribution in [-0.4, -0.2) is 44.2 Å². The standard InChI is InChI=1S/C15H32N2O2S/c1-6-16-13(2)14-8-7-10-17(12-14)20(18,19)11-9-15(3,4)5/h13-14,16H,6-12H2,1-5H3. The second-order valence-electron chi connectivity index (χ2n) is 7.23. The Morgan fingerprint density at radius 2 is 2.00 bits per heavy atom. The summed E-state index contributed by atoms with van der Waals surface area (Å²) in [5.74, 6) is 0.715. The lowest BCUT2D eigenvalue weighted by Crippen LogP contribution is -2.47. The van der Waals surface area contributed by atoms with Gasteiger partial charge in [0.05, 0.1) is 5.75 Å². The molecular weight excluding hydrogens is 272 g/mol. The van der Waals surface area contributed by atoms with Gasteiger partial charge in [-0.25, -0.2) is 12.7 Å². The average Bonchev–Trinajstić information content (AvgIpc) is 2.36. The van der Waals surface area contributed by atoms with Gasteiger partial charge in [0, 0.05) is 19.1 Å². The number of nitrogens with zero attached hydrogens (tertiary/aromatic N) is 1. The van der Waals surface area contributed by atoms with Crippen molar-refractivity contribution in [1.82, 2.24) is 9.62 Å². The van der Waals surface area contributed by atoms with Crippen LogP contribution in [0, 0.1) is 11.3 Å². The fraction of sp³-hybridized carbons (Fsp3) is 1.00. The van der Waals surface area contributed by atoms with Gasteiger partial charge in [-0.3, -0.25) is 0 Å². The van der Waals surface area contributed by atoms with Crippen molar-refractivity contribution in [1.29, 1.82) is 0 Å². The van der Waals surface area contributed by atoms with Gasteiger partial charge in [-0.15, -0.1) is 0 Å². The molecule has 0 saturated carbocycles. The Balaban J connectivity index is 2.61. The van der Waals surface area contributed by atoms with Crippen LogP contribution in [0.3, 0.4) is 0 Å². The third kappa shape index (κ3) is 5.70. The maximum Gasteiger partial charge on any atom is 0.214 e. The topological polar surface area (TPSA) is 49.4 Å². The zero-order valence-electron chi connectivity index (χ0n) is 13.8. The molecule has 0 bridgehead atoms.